The van der Waals surface area contributed by atoms with Crippen LogP contribution in [0.2, 0.25) is 0 Å². The van der Waals surface area contributed by atoms with E-state index in [4.69, 9.17) is 0 Å². The first-order valence-corrected chi connectivity index (χ1v) is 8.93. The largest absolute Gasteiger partial charge is 0.387 e. The van der Waals surface area contributed by atoms with Crippen LogP contribution in [-0.4, -0.2) is 56.1 Å². The number of aliphatic hydroxyl groups excluding tert-OH is 1. The molecule has 1 aromatic heterocycles. The van der Waals surface area contributed by atoms with Gasteiger partial charge in [0.2, 0.25) is 0 Å². The highest BCUT2D eigenvalue weighted by Crippen LogP contribution is 2.20. The van der Waals surface area contributed by atoms with Crippen LogP contribution < -0.4 is 0 Å². The number of fused-ring (bicyclic) bond motifs is 1. The molecule has 0 aliphatic carbocycles. The summed E-state index contributed by atoms with van der Waals surface area (Å²) >= 11 is 0. The van der Waals surface area contributed by atoms with Gasteiger partial charge in [0.15, 0.2) is 0 Å². The Morgan fingerprint density at radius 2 is 1.75 bits per heavy atom. The van der Waals surface area contributed by atoms with Crippen LogP contribution in [0.15, 0.2) is 6.07 Å². The number of carbonyl (C=O) groups excluding carboxylic acids is 2. The lowest BCUT2D eigenvalue weighted by Crippen LogP contribution is -2.46. The third kappa shape index (κ3) is 3.45. The topological polar surface area (TPSA) is 78.7 Å². The Kier molecular flexibility index (Phi) is 5.18. The van der Waals surface area contributed by atoms with E-state index in [1.54, 1.807) is 9.80 Å². The summed E-state index contributed by atoms with van der Waals surface area (Å²) in [5.74, 6) is -0.791. The first-order chi connectivity index (χ1) is 11.6. The zero-order valence-electron chi connectivity index (χ0n) is 14.3. The van der Waals surface area contributed by atoms with Gasteiger partial charge in [0.05, 0.1) is 24.0 Å². The minimum atomic E-state index is -0.580. The number of aryl methyl sites for hydroxylation is 1. The van der Waals surface area contributed by atoms with Crippen molar-refractivity contribution in [2.45, 2.75) is 58.2 Å². The normalized spacial score (nSPS) is 19.6. The number of nitrogens with zero attached hydrogens (tertiary/aromatic N) is 4. The van der Waals surface area contributed by atoms with Gasteiger partial charge in [0, 0.05) is 26.2 Å². The molecule has 2 amide bonds. The second-order valence-corrected chi connectivity index (χ2v) is 6.64. The van der Waals surface area contributed by atoms with Gasteiger partial charge >= 0.3 is 11.8 Å². The molecule has 0 bridgehead atoms. The standard InChI is InChI=1S/C17H26N4O3/c1-2-15(22)14-11-13-12-20(9-6-10-21(13)18-14)17(24)16(23)19-7-4-3-5-8-19/h11,15,22H,2-10,12H2,1H3/t15-/m1/s1. The fourth-order valence-corrected chi connectivity index (χ4v) is 3.40. The van der Waals surface area contributed by atoms with Gasteiger partial charge in [0.25, 0.3) is 0 Å². The summed E-state index contributed by atoms with van der Waals surface area (Å²) in [7, 11) is 0. The molecule has 132 valence electrons. The Labute approximate surface area is 142 Å². The van der Waals surface area contributed by atoms with Crippen molar-refractivity contribution in [2.75, 3.05) is 19.6 Å². The van der Waals surface area contributed by atoms with Crippen molar-refractivity contribution in [2.24, 2.45) is 0 Å². The molecule has 2 aliphatic rings. The first kappa shape index (κ1) is 17.0. The van der Waals surface area contributed by atoms with Crippen molar-refractivity contribution in [3.8, 4) is 0 Å². The smallest absolute Gasteiger partial charge is 0.312 e. The minimum absolute atomic E-state index is 0.377. The van der Waals surface area contributed by atoms with E-state index in [2.05, 4.69) is 5.10 Å². The third-order valence-corrected chi connectivity index (χ3v) is 4.87. The van der Waals surface area contributed by atoms with Crippen molar-refractivity contribution in [1.82, 2.24) is 19.6 Å². The molecule has 1 aromatic rings. The van der Waals surface area contributed by atoms with Gasteiger partial charge in [0.1, 0.15) is 0 Å². The number of hydrogen-bond donors (Lipinski definition) is 1. The number of amides is 2. The Morgan fingerprint density at radius 3 is 2.46 bits per heavy atom. The van der Waals surface area contributed by atoms with E-state index in [1.165, 1.54) is 0 Å². The molecule has 3 rings (SSSR count). The number of hydrogen-bond acceptors (Lipinski definition) is 4. The predicted molar refractivity (Wildman–Crippen MR) is 87.9 cm³/mol. The van der Waals surface area contributed by atoms with Crippen LogP contribution in [0.5, 0.6) is 0 Å². The van der Waals surface area contributed by atoms with Crippen molar-refractivity contribution >= 4 is 11.8 Å². The Bertz CT molecular complexity index is 607. The van der Waals surface area contributed by atoms with E-state index in [9.17, 15) is 14.7 Å². The molecule has 1 fully saturated rings. The van der Waals surface area contributed by atoms with Crippen LogP contribution in [-0.2, 0) is 22.7 Å². The van der Waals surface area contributed by atoms with E-state index in [0.29, 0.717) is 44.8 Å². The van der Waals surface area contributed by atoms with Crippen molar-refractivity contribution in [1.29, 1.82) is 0 Å². The second-order valence-electron chi connectivity index (χ2n) is 6.64. The van der Waals surface area contributed by atoms with Gasteiger partial charge in [-0.2, -0.15) is 5.10 Å². The fourth-order valence-electron chi connectivity index (χ4n) is 3.40. The number of aliphatic hydroxyl groups is 1. The van der Waals surface area contributed by atoms with Crippen LogP contribution in [0.1, 0.15) is 56.5 Å². The number of aromatic nitrogens is 2. The highest BCUT2D eigenvalue weighted by molar-refractivity contribution is 6.34. The summed E-state index contributed by atoms with van der Waals surface area (Å²) < 4.78 is 1.85. The Morgan fingerprint density at radius 1 is 1.08 bits per heavy atom. The molecule has 1 N–H and O–H groups in total. The molecule has 0 unspecified atom stereocenters. The molecule has 0 saturated carbocycles. The summed E-state index contributed by atoms with van der Waals surface area (Å²) in [4.78, 5) is 28.4. The van der Waals surface area contributed by atoms with Crippen LogP contribution in [0, 0.1) is 0 Å². The Balaban J connectivity index is 1.71. The molecule has 3 heterocycles. The van der Waals surface area contributed by atoms with Crippen molar-refractivity contribution < 1.29 is 14.7 Å². The first-order valence-electron chi connectivity index (χ1n) is 8.93. The zero-order valence-corrected chi connectivity index (χ0v) is 14.3. The van der Waals surface area contributed by atoms with Gasteiger partial charge in [-0.3, -0.25) is 14.3 Å². The monoisotopic (exact) mass is 334 g/mol. The van der Waals surface area contributed by atoms with Gasteiger partial charge in [-0.05, 0) is 38.2 Å². The fraction of sp³-hybridized carbons (Fsp3) is 0.706. The van der Waals surface area contributed by atoms with Crippen LogP contribution in [0.25, 0.3) is 0 Å². The summed E-state index contributed by atoms with van der Waals surface area (Å²) in [5, 5.41) is 14.4. The van der Waals surface area contributed by atoms with Crippen LogP contribution >= 0.6 is 0 Å². The summed E-state index contributed by atoms with van der Waals surface area (Å²) in [6.07, 6.45) is 3.86. The molecule has 2 aliphatic heterocycles. The van der Waals surface area contributed by atoms with Crippen molar-refractivity contribution in [3.05, 3.63) is 17.5 Å². The molecule has 1 atom stereocenters. The molecule has 7 heteroatoms. The van der Waals surface area contributed by atoms with Gasteiger partial charge in [-0.25, -0.2) is 0 Å². The van der Waals surface area contributed by atoms with E-state index >= 15 is 0 Å². The average Bonchev–Trinajstić information content (AvgIpc) is 2.92. The number of rotatable bonds is 2. The molecular weight excluding hydrogens is 308 g/mol. The minimum Gasteiger partial charge on any atom is -0.387 e. The van der Waals surface area contributed by atoms with Gasteiger partial charge < -0.3 is 14.9 Å². The SMILES string of the molecule is CC[C@@H](O)c1cc2n(n1)CCCN(C(=O)C(=O)N1CCCCC1)C2. The van der Waals surface area contributed by atoms with Gasteiger partial charge in [-0.15, -0.1) is 0 Å². The van der Waals surface area contributed by atoms with E-state index in [-0.39, 0.29) is 5.91 Å². The molecular formula is C17H26N4O3. The summed E-state index contributed by atoms with van der Waals surface area (Å²) in [6, 6.07) is 1.85. The third-order valence-electron chi connectivity index (χ3n) is 4.87. The molecule has 0 aromatic carbocycles. The summed E-state index contributed by atoms with van der Waals surface area (Å²) in [5.41, 5.74) is 1.53. The van der Waals surface area contributed by atoms with Crippen LogP contribution in [0.4, 0.5) is 0 Å². The zero-order chi connectivity index (χ0) is 17.1. The lowest BCUT2D eigenvalue weighted by Gasteiger charge is -2.28. The predicted octanol–water partition coefficient (Wildman–Crippen LogP) is 1.07. The van der Waals surface area contributed by atoms with E-state index < -0.39 is 12.0 Å². The molecule has 7 nitrogen and oxygen atoms in total. The maximum atomic E-state index is 12.6. The molecule has 24 heavy (non-hydrogen) atoms. The molecule has 0 spiro atoms. The van der Waals surface area contributed by atoms with E-state index in [1.807, 2.05) is 17.7 Å². The highest BCUT2D eigenvalue weighted by Gasteiger charge is 2.30. The van der Waals surface area contributed by atoms with Gasteiger partial charge in [-0.1, -0.05) is 6.92 Å². The number of likely N-dealkylation sites (tertiary alicyclic amines) is 1. The maximum Gasteiger partial charge on any atom is 0.312 e. The highest BCUT2D eigenvalue weighted by atomic mass is 16.3. The second kappa shape index (κ2) is 7.34. The maximum absolute atomic E-state index is 12.6. The molecule has 1 saturated heterocycles. The Hall–Kier alpha value is -1.89. The number of carbonyl (C=O) groups is 2. The summed E-state index contributed by atoms with van der Waals surface area (Å²) in [6.45, 7) is 4.91. The lowest BCUT2D eigenvalue weighted by atomic mass is 10.1. The average molecular weight is 334 g/mol. The lowest BCUT2D eigenvalue weighted by molar-refractivity contribution is -0.152. The quantitative estimate of drug-likeness (QED) is 0.821. The van der Waals surface area contributed by atoms with Crippen LogP contribution in [0.3, 0.4) is 0 Å². The van der Waals surface area contributed by atoms with Crippen molar-refractivity contribution in [3.63, 3.8) is 0 Å². The molecule has 0 radical (unpaired) electrons. The number of piperidine rings is 1. The van der Waals surface area contributed by atoms with E-state index in [0.717, 1.165) is 31.4 Å².